The Kier molecular flexibility index (Phi) is 2.23. The maximum Gasteiger partial charge on any atom is 0.341 e. The van der Waals surface area contributed by atoms with Gasteiger partial charge in [-0.15, -0.1) is 0 Å². The Morgan fingerprint density at radius 1 is 1.56 bits per heavy atom. The van der Waals surface area contributed by atoms with Gasteiger partial charge in [-0.05, 0) is 12.1 Å². The van der Waals surface area contributed by atoms with E-state index in [0.717, 1.165) is 0 Å². The predicted octanol–water partition coefficient (Wildman–Crippen LogP) is 0.395. The average Bonchev–Trinajstić information content (AvgIpc) is 2.56. The summed E-state index contributed by atoms with van der Waals surface area (Å²) < 4.78 is 18.4. The van der Waals surface area contributed by atoms with Crippen LogP contribution in [-0.2, 0) is 10.4 Å². The fraction of sp³-hybridized carbons (Fsp3) is 0.300. The van der Waals surface area contributed by atoms with Gasteiger partial charge in [0, 0.05) is 11.6 Å². The van der Waals surface area contributed by atoms with Gasteiger partial charge in [-0.2, -0.15) is 0 Å². The van der Waals surface area contributed by atoms with Crippen LogP contribution in [0.4, 0.5) is 4.39 Å². The summed E-state index contributed by atoms with van der Waals surface area (Å²) in [5.74, 6) is -1.77. The fourth-order valence-electron chi connectivity index (χ4n) is 1.67. The second kappa shape index (κ2) is 3.34. The number of phenols is 1. The molecule has 16 heavy (non-hydrogen) atoms. The van der Waals surface area contributed by atoms with Gasteiger partial charge in [0.25, 0.3) is 0 Å². The van der Waals surface area contributed by atoms with E-state index in [1.54, 1.807) is 0 Å². The van der Waals surface area contributed by atoms with Crippen molar-refractivity contribution in [1.29, 1.82) is 0 Å². The molecule has 0 amide bonds. The van der Waals surface area contributed by atoms with E-state index in [2.05, 4.69) is 0 Å². The minimum atomic E-state index is -2.47. The number of ether oxygens (including phenoxy) is 1. The molecule has 6 heteroatoms. The lowest BCUT2D eigenvalue weighted by Gasteiger charge is -2.22. The summed E-state index contributed by atoms with van der Waals surface area (Å²) in [7, 11) is 0. The molecular formula is C10H9FO5. The van der Waals surface area contributed by atoms with E-state index < -0.39 is 24.3 Å². The number of carboxylic acid groups (broad SMARTS) is 1. The molecule has 1 aromatic rings. The molecule has 0 radical (unpaired) electrons. The zero-order valence-corrected chi connectivity index (χ0v) is 8.05. The second-order valence-corrected chi connectivity index (χ2v) is 3.59. The van der Waals surface area contributed by atoms with Gasteiger partial charge < -0.3 is 20.1 Å². The van der Waals surface area contributed by atoms with E-state index in [1.807, 2.05) is 0 Å². The van der Waals surface area contributed by atoms with Gasteiger partial charge in [-0.25, -0.2) is 9.18 Å². The second-order valence-electron chi connectivity index (χ2n) is 3.59. The van der Waals surface area contributed by atoms with E-state index in [0.29, 0.717) is 0 Å². The van der Waals surface area contributed by atoms with Gasteiger partial charge in [0.05, 0.1) is 0 Å². The lowest BCUT2D eigenvalue weighted by molar-refractivity contribution is -0.156. The quantitative estimate of drug-likeness (QED) is 0.681. The molecule has 0 saturated carbocycles. The van der Waals surface area contributed by atoms with E-state index in [1.165, 1.54) is 18.2 Å². The molecule has 2 rings (SSSR count). The zero-order chi connectivity index (χ0) is 11.9. The zero-order valence-electron chi connectivity index (χ0n) is 8.05. The number of phenolic OH excluding ortho intramolecular Hbond substituents is 1. The first-order valence-corrected chi connectivity index (χ1v) is 4.50. The monoisotopic (exact) mass is 228 g/mol. The van der Waals surface area contributed by atoms with Crippen LogP contribution in [0.3, 0.4) is 0 Å². The summed E-state index contributed by atoms with van der Waals surface area (Å²) in [6, 6.07) is 3.67. The van der Waals surface area contributed by atoms with Crippen LogP contribution in [0, 0.1) is 0 Å². The van der Waals surface area contributed by atoms with Gasteiger partial charge in [0.1, 0.15) is 18.1 Å². The van der Waals surface area contributed by atoms with Gasteiger partial charge in [-0.1, -0.05) is 0 Å². The smallest absolute Gasteiger partial charge is 0.341 e. The molecule has 1 aliphatic rings. The van der Waals surface area contributed by atoms with E-state index >= 15 is 0 Å². The Balaban J connectivity index is 2.46. The lowest BCUT2D eigenvalue weighted by atomic mass is 9.91. The third kappa shape index (κ3) is 1.38. The Morgan fingerprint density at radius 3 is 2.88 bits per heavy atom. The minimum Gasteiger partial charge on any atom is -0.508 e. The highest BCUT2D eigenvalue weighted by Gasteiger charge is 2.50. The van der Waals surface area contributed by atoms with Crippen molar-refractivity contribution in [3.05, 3.63) is 23.8 Å². The number of carbonyl (C=O) groups is 1. The van der Waals surface area contributed by atoms with Gasteiger partial charge >= 0.3 is 5.97 Å². The number of alkyl halides is 1. The van der Waals surface area contributed by atoms with Crippen molar-refractivity contribution in [2.24, 2.45) is 0 Å². The Morgan fingerprint density at radius 2 is 2.25 bits per heavy atom. The number of fused-ring (bicyclic) bond motifs is 1. The van der Waals surface area contributed by atoms with Crippen LogP contribution in [0.25, 0.3) is 0 Å². The van der Waals surface area contributed by atoms with E-state index in [-0.39, 0.29) is 17.1 Å². The number of halogens is 1. The molecule has 1 heterocycles. The van der Waals surface area contributed by atoms with Crippen molar-refractivity contribution in [3.8, 4) is 11.5 Å². The number of rotatable bonds is 2. The van der Waals surface area contributed by atoms with Crippen LogP contribution in [0.5, 0.6) is 11.5 Å². The first kappa shape index (κ1) is 10.7. The number of hydrogen-bond acceptors (Lipinski definition) is 4. The van der Waals surface area contributed by atoms with Crippen molar-refractivity contribution in [3.63, 3.8) is 0 Å². The molecule has 1 aromatic carbocycles. The number of aliphatic carboxylic acids is 1. The Bertz CT molecular complexity index is 447. The number of aliphatic hydroxyl groups is 1. The maximum atomic E-state index is 13.4. The number of carboxylic acids is 1. The number of hydrogen-bond donors (Lipinski definition) is 3. The summed E-state index contributed by atoms with van der Waals surface area (Å²) in [6.45, 7) is -0.487. The highest BCUT2D eigenvalue weighted by atomic mass is 19.1. The minimum absolute atomic E-state index is 0.0280. The number of aromatic hydroxyl groups is 1. The molecule has 0 bridgehead atoms. The molecule has 0 spiro atoms. The molecule has 2 unspecified atom stereocenters. The Hall–Kier alpha value is -1.82. The van der Waals surface area contributed by atoms with Crippen molar-refractivity contribution >= 4 is 5.97 Å². The molecule has 3 N–H and O–H groups in total. The van der Waals surface area contributed by atoms with Crippen LogP contribution in [-0.4, -0.2) is 34.1 Å². The molecule has 5 nitrogen and oxygen atoms in total. The lowest BCUT2D eigenvalue weighted by Crippen LogP contribution is -2.43. The highest BCUT2D eigenvalue weighted by Crippen LogP contribution is 2.41. The molecule has 0 aliphatic carbocycles. The molecule has 86 valence electrons. The molecule has 0 aromatic heterocycles. The van der Waals surface area contributed by atoms with Gasteiger partial charge in [0.15, 0.2) is 5.60 Å². The van der Waals surface area contributed by atoms with E-state index in [4.69, 9.17) is 14.9 Å². The fourth-order valence-corrected chi connectivity index (χ4v) is 1.67. The van der Waals surface area contributed by atoms with E-state index in [9.17, 15) is 14.3 Å². The molecular weight excluding hydrogens is 219 g/mol. The summed E-state index contributed by atoms with van der Waals surface area (Å²) in [4.78, 5) is 10.5. The van der Waals surface area contributed by atoms with Crippen LogP contribution in [0.1, 0.15) is 5.56 Å². The normalized spacial score (nSPS) is 24.6. The van der Waals surface area contributed by atoms with Crippen LogP contribution >= 0.6 is 0 Å². The third-order valence-corrected chi connectivity index (χ3v) is 2.52. The summed E-state index contributed by atoms with van der Waals surface area (Å²) in [5, 5.41) is 27.6. The molecule has 1 aliphatic heterocycles. The molecule has 0 fully saturated rings. The standard InChI is InChI=1S/C10H9FO5/c11-8(9(13)14)10(15)4-16-7-3-5(12)1-2-6(7)10/h1-3,8,12,15H,4H2,(H,13,14). The highest BCUT2D eigenvalue weighted by molar-refractivity contribution is 5.75. The summed E-state index contributed by atoms with van der Waals surface area (Å²) in [5.41, 5.74) is -2.17. The SMILES string of the molecule is O=C(O)C(F)C1(O)COc2cc(O)ccc21. The van der Waals surface area contributed by atoms with Crippen molar-refractivity contribution < 1.29 is 29.2 Å². The van der Waals surface area contributed by atoms with Crippen LogP contribution in [0.15, 0.2) is 18.2 Å². The topological polar surface area (TPSA) is 87.0 Å². The summed E-state index contributed by atoms with van der Waals surface area (Å²) in [6.07, 6.45) is -2.47. The third-order valence-electron chi connectivity index (χ3n) is 2.52. The largest absolute Gasteiger partial charge is 0.508 e. The first-order chi connectivity index (χ1) is 7.45. The van der Waals surface area contributed by atoms with Crippen LogP contribution in [0.2, 0.25) is 0 Å². The Labute approximate surface area is 89.7 Å². The van der Waals surface area contributed by atoms with Crippen LogP contribution < -0.4 is 4.74 Å². The van der Waals surface area contributed by atoms with Gasteiger partial charge in [0.2, 0.25) is 6.17 Å². The molecule has 2 atom stereocenters. The predicted molar refractivity (Wildman–Crippen MR) is 50.0 cm³/mol. The summed E-state index contributed by atoms with van der Waals surface area (Å²) >= 11 is 0. The molecule has 0 saturated heterocycles. The first-order valence-electron chi connectivity index (χ1n) is 4.50. The van der Waals surface area contributed by atoms with Crippen molar-refractivity contribution in [2.45, 2.75) is 11.8 Å². The van der Waals surface area contributed by atoms with Gasteiger partial charge in [-0.3, -0.25) is 0 Å². The van der Waals surface area contributed by atoms with Crippen molar-refractivity contribution in [2.75, 3.05) is 6.61 Å². The average molecular weight is 228 g/mol. The maximum absolute atomic E-state index is 13.4. The van der Waals surface area contributed by atoms with Crippen molar-refractivity contribution in [1.82, 2.24) is 0 Å². The number of benzene rings is 1.